The fraction of sp³-hybridized carbons (Fsp3) is 0.190. The zero-order valence-corrected chi connectivity index (χ0v) is 18.5. The van der Waals surface area contributed by atoms with E-state index in [9.17, 15) is 27.2 Å². The number of nitrogens with zero attached hydrogens (tertiary/aromatic N) is 1. The van der Waals surface area contributed by atoms with Gasteiger partial charge in [0, 0.05) is 11.4 Å². The molecule has 1 heterocycles. The Hall–Kier alpha value is -3.93. The molecule has 2 aromatic carbocycles. The average Bonchev–Trinajstić information content (AvgIpc) is 2.72. The van der Waals surface area contributed by atoms with Crippen LogP contribution in [0.2, 0.25) is 0 Å². The lowest BCUT2D eigenvalue weighted by Gasteiger charge is -2.24. The van der Waals surface area contributed by atoms with Gasteiger partial charge < -0.3 is 15.0 Å². The number of hydrogen-bond donors (Lipinski definition) is 3. The van der Waals surface area contributed by atoms with Crippen molar-refractivity contribution in [2.45, 2.75) is 18.7 Å². The zero-order valence-electron chi connectivity index (χ0n) is 17.7. The number of sulfonamides is 1. The van der Waals surface area contributed by atoms with Crippen LogP contribution < -0.4 is 25.6 Å². The van der Waals surface area contributed by atoms with Gasteiger partial charge >= 0.3 is 5.69 Å². The van der Waals surface area contributed by atoms with Crippen molar-refractivity contribution in [1.82, 2.24) is 9.97 Å². The van der Waals surface area contributed by atoms with Crippen LogP contribution in [0, 0.1) is 12.7 Å². The quantitative estimate of drug-likeness (QED) is 0.452. The molecule has 0 saturated heterocycles. The molecule has 0 spiro atoms. The highest BCUT2D eigenvalue weighted by Crippen LogP contribution is 2.25. The lowest BCUT2D eigenvalue weighted by atomic mass is 10.3. The molecular weight excluding hydrogens is 455 g/mol. The van der Waals surface area contributed by atoms with Crippen molar-refractivity contribution in [3.05, 3.63) is 80.9 Å². The number of aromatic nitrogens is 2. The molecule has 0 bridgehead atoms. The van der Waals surface area contributed by atoms with Gasteiger partial charge in [-0.3, -0.25) is 18.9 Å². The summed E-state index contributed by atoms with van der Waals surface area (Å²) in [5, 5.41) is 2.42. The van der Waals surface area contributed by atoms with Gasteiger partial charge in [-0.1, -0.05) is 6.07 Å². The predicted molar refractivity (Wildman–Crippen MR) is 120 cm³/mol. The molecule has 33 heavy (non-hydrogen) atoms. The van der Waals surface area contributed by atoms with Crippen molar-refractivity contribution in [2.24, 2.45) is 0 Å². The van der Waals surface area contributed by atoms with Gasteiger partial charge in [0.25, 0.3) is 15.6 Å². The maximum absolute atomic E-state index is 13.5. The minimum absolute atomic E-state index is 0.0674. The summed E-state index contributed by atoms with van der Waals surface area (Å²) in [6, 6.07) is 10.9. The summed E-state index contributed by atoms with van der Waals surface area (Å²) >= 11 is 0. The molecule has 0 radical (unpaired) electrons. The molecule has 3 rings (SSSR count). The van der Waals surface area contributed by atoms with Gasteiger partial charge in [-0.15, -0.1) is 0 Å². The lowest BCUT2D eigenvalue weighted by molar-refractivity contribution is -0.114. The van der Waals surface area contributed by atoms with Crippen LogP contribution in [-0.2, 0) is 14.8 Å². The third-order valence-corrected chi connectivity index (χ3v) is 6.38. The molecule has 3 N–H and O–H groups in total. The van der Waals surface area contributed by atoms with E-state index in [2.05, 4.69) is 10.3 Å². The van der Waals surface area contributed by atoms with Crippen molar-refractivity contribution < 1.29 is 22.3 Å². The summed E-state index contributed by atoms with van der Waals surface area (Å²) in [4.78, 5) is 39.9. The topological polar surface area (TPSA) is 141 Å². The standard InChI is InChI=1S/C21H21FN4O6S/c1-3-32-17-9-7-16(8-10-17)26(12-18(27)24-15-6-4-5-14(22)11-15)33(30,31)19-13(2)23-21(29)25-20(19)28/h4-11H,3,12H2,1-2H3,(H,24,27)(H2,23,25,28,29). The highest BCUT2D eigenvalue weighted by molar-refractivity contribution is 7.92. The van der Waals surface area contributed by atoms with Crippen LogP contribution in [0.4, 0.5) is 15.8 Å². The number of aromatic amines is 2. The number of amides is 1. The third kappa shape index (κ3) is 5.47. The summed E-state index contributed by atoms with van der Waals surface area (Å²) < 4.78 is 46.4. The molecule has 174 valence electrons. The molecule has 0 aliphatic rings. The number of benzene rings is 2. The number of ether oxygens (including phenoxy) is 1. The number of carbonyl (C=O) groups is 1. The molecule has 0 fully saturated rings. The van der Waals surface area contributed by atoms with Gasteiger partial charge in [0.2, 0.25) is 5.91 Å². The molecule has 0 unspecified atom stereocenters. The largest absolute Gasteiger partial charge is 0.494 e. The number of carbonyl (C=O) groups excluding carboxylic acids is 1. The summed E-state index contributed by atoms with van der Waals surface area (Å²) in [7, 11) is -4.61. The number of hydrogen-bond acceptors (Lipinski definition) is 6. The fourth-order valence-electron chi connectivity index (χ4n) is 3.10. The first-order chi connectivity index (χ1) is 15.6. The maximum Gasteiger partial charge on any atom is 0.325 e. The molecular formula is C21H21FN4O6S. The first-order valence-electron chi connectivity index (χ1n) is 9.76. The lowest BCUT2D eigenvalue weighted by Crippen LogP contribution is -2.42. The average molecular weight is 476 g/mol. The van der Waals surface area contributed by atoms with E-state index in [0.29, 0.717) is 16.7 Å². The molecule has 0 saturated carbocycles. The Kier molecular flexibility index (Phi) is 6.97. The van der Waals surface area contributed by atoms with E-state index < -0.39 is 44.4 Å². The maximum atomic E-state index is 13.5. The smallest absolute Gasteiger partial charge is 0.325 e. The summed E-state index contributed by atoms with van der Waals surface area (Å²) in [6.45, 7) is 2.70. The van der Waals surface area contributed by atoms with Gasteiger partial charge in [-0.05, 0) is 56.3 Å². The predicted octanol–water partition coefficient (Wildman–Crippen LogP) is 1.74. The zero-order chi connectivity index (χ0) is 24.2. The van der Waals surface area contributed by atoms with E-state index in [0.717, 1.165) is 6.07 Å². The third-order valence-electron chi connectivity index (χ3n) is 4.45. The number of halogens is 1. The minimum atomic E-state index is -4.61. The van der Waals surface area contributed by atoms with Crippen LogP contribution in [-0.4, -0.2) is 37.4 Å². The van der Waals surface area contributed by atoms with Gasteiger partial charge in [0.05, 0.1) is 12.3 Å². The Labute approximate surface area is 188 Å². The Morgan fingerprint density at radius 3 is 2.42 bits per heavy atom. The highest BCUT2D eigenvalue weighted by Gasteiger charge is 2.32. The minimum Gasteiger partial charge on any atom is -0.494 e. The van der Waals surface area contributed by atoms with Crippen LogP contribution in [0.15, 0.2) is 63.0 Å². The van der Waals surface area contributed by atoms with E-state index in [-0.39, 0.29) is 17.1 Å². The van der Waals surface area contributed by atoms with E-state index in [1.165, 1.54) is 49.4 Å². The Morgan fingerprint density at radius 2 is 1.82 bits per heavy atom. The first kappa shape index (κ1) is 23.7. The van der Waals surface area contributed by atoms with Gasteiger partial charge in [0.15, 0.2) is 4.90 Å². The van der Waals surface area contributed by atoms with E-state index >= 15 is 0 Å². The molecule has 3 aromatic rings. The molecule has 0 aliphatic carbocycles. The normalized spacial score (nSPS) is 11.1. The number of anilines is 2. The van der Waals surface area contributed by atoms with E-state index in [4.69, 9.17) is 4.74 Å². The second-order valence-electron chi connectivity index (χ2n) is 6.86. The van der Waals surface area contributed by atoms with Gasteiger partial charge in [-0.25, -0.2) is 17.6 Å². The highest BCUT2D eigenvalue weighted by atomic mass is 32.2. The summed E-state index contributed by atoms with van der Waals surface area (Å²) in [5.74, 6) is -0.892. The monoisotopic (exact) mass is 476 g/mol. The van der Waals surface area contributed by atoms with Crippen molar-refractivity contribution in [3.63, 3.8) is 0 Å². The SMILES string of the molecule is CCOc1ccc(N(CC(=O)Nc2cccc(F)c2)S(=O)(=O)c2c(C)[nH]c(=O)[nH]c2=O)cc1. The summed E-state index contributed by atoms with van der Waals surface area (Å²) in [5.41, 5.74) is -1.99. The van der Waals surface area contributed by atoms with E-state index in [1.54, 1.807) is 6.92 Å². The Bertz CT molecular complexity index is 1380. The van der Waals surface area contributed by atoms with Crippen LogP contribution >= 0.6 is 0 Å². The van der Waals surface area contributed by atoms with Crippen LogP contribution in [0.1, 0.15) is 12.6 Å². The molecule has 12 heteroatoms. The second kappa shape index (κ2) is 9.69. The van der Waals surface area contributed by atoms with Crippen molar-refractivity contribution >= 4 is 27.3 Å². The van der Waals surface area contributed by atoms with Crippen LogP contribution in [0.3, 0.4) is 0 Å². The van der Waals surface area contributed by atoms with Crippen molar-refractivity contribution in [1.29, 1.82) is 0 Å². The molecule has 0 atom stereocenters. The van der Waals surface area contributed by atoms with Crippen molar-refractivity contribution in [3.8, 4) is 5.75 Å². The Balaban J connectivity index is 2.04. The number of rotatable bonds is 8. The number of nitrogens with one attached hydrogen (secondary N) is 3. The Morgan fingerprint density at radius 1 is 1.12 bits per heavy atom. The number of aryl methyl sites for hydroxylation is 1. The van der Waals surface area contributed by atoms with E-state index in [1.807, 2.05) is 4.98 Å². The van der Waals surface area contributed by atoms with Crippen LogP contribution in [0.5, 0.6) is 5.75 Å². The first-order valence-corrected chi connectivity index (χ1v) is 11.2. The van der Waals surface area contributed by atoms with Crippen LogP contribution in [0.25, 0.3) is 0 Å². The molecule has 1 aromatic heterocycles. The van der Waals surface area contributed by atoms with Gasteiger partial charge in [-0.2, -0.15) is 0 Å². The van der Waals surface area contributed by atoms with Gasteiger partial charge in [0.1, 0.15) is 18.1 Å². The molecule has 0 aliphatic heterocycles. The fourth-order valence-corrected chi connectivity index (χ4v) is 4.73. The molecule has 1 amide bonds. The second-order valence-corrected chi connectivity index (χ2v) is 8.66. The number of H-pyrrole nitrogens is 2. The molecule has 10 nitrogen and oxygen atoms in total. The summed E-state index contributed by atoms with van der Waals surface area (Å²) in [6.07, 6.45) is 0. The van der Waals surface area contributed by atoms with Crippen molar-refractivity contribution in [2.75, 3.05) is 22.8 Å².